The van der Waals surface area contributed by atoms with Gasteiger partial charge in [-0.2, -0.15) is 9.97 Å². The fourth-order valence-corrected chi connectivity index (χ4v) is 1.75. The molecule has 0 bridgehead atoms. The fraction of sp³-hybridized carbons (Fsp3) is 0.167. The zero-order chi connectivity index (χ0) is 14.0. The molecule has 0 atom stereocenters. The molecule has 1 aromatic heterocycles. The van der Waals surface area contributed by atoms with Crippen molar-refractivity contribution < 1.29 is 0 Å². The van der Waals surface area contributed by atoms with Crippen LogP contribution in [0.5, 0.6) is 0 Å². The Morgan fingerprint density at radius 3 is 2.58 bits per heavy atom. The number of benzene rings is 1. The van der Waals surface area contributed by atoms with Crippen molar-refractivity contribution in [1.29, 1.82) is 0 Å². The monoisotopic (exact) mass is 258 g/mol. The molecule has 1 aromatic carbocycles. The third-order valence-electron chi connectivity index (χ3n) is 2.65. The smallest absolute Gasteiger partial charge is 0.224 e. The molecule has 0 aliphatic heterocycles. The number of nitrogens with two attached hydrogens (primary N) is 2. The van der Waals surface area contributed by atoms with E-state index in [1.165, 1.54) is 0 Å². The Balaban J connectivity index is 2.45. The van der Waals surface area contributed by atoms with Crippen molar-refractivity contribution in [3.63, 3.8) is 0 Å². The van der Waals surface area contributed by atoms with Crippen molar-refractivity contribution in [1.82, 2.24) is 9.97 Å². The molecule has 0 fully saturated rings. The number of anilines is 4. The average Bonchev–Trinajstić information content (AvgIpc) is 2.32. The first-order chi connectivity index (χ1) is 9.01. The second-order valence-corrected chi connectivity index (χ2v) is 4.20. The first-order valence-electron chi connectivity index (χ1n) is 5.62. The van der Waals surface area contributed by atoms with E-state index >= 15 is 0 Å². The van der Waals surface area contributed by atoms with E-state index < -0.39 is 0 Å². The number of aromatic nitrogens is 2. The van der Waals surface area contributed by atoms with Gasteiger partial charge in [0, 0.05) is 5.69 Å². The van der Waals surface area contributed by atoms with Crippen LogP contribution in [0.1, 0.15) is 11.1 Å². The van der Waals surface area contributed by atoms with Gasteiger partial charge in [-0.15, -0.1) is 4.91 Å². The number of aryl methyl sites for hydroxylation is 2. The minimum absolute atomic E-state index is 0.0165. The Hall–Kier alpha value is -2.70. The van der Waals surface area contributed by atoms with E-state index in [1.54, 1.807) is 0 Å². The lowest BCUT2D eigenvalue weighted by atomic mass is 10.1. The van der Waals surface area contributed by atoms with Crippen LogP contribution in [-0.2, 0) is 0 Å². The molecule has 7 nitrogen and oxygen atoms in total. The molecule has 19 heavy (non-hydrogen) atoms. The molecule has 0 amide bonds. The van der Waals surface area contributed by atoms with Crippen molar-refractivity contribution in [3.05, 3.63) is 34.2 Å². The van der Waals surface area contributed by atoms with E-state index in [1.807, 2.05) is 32.0 Å². The molecule has 0 aliphatic rings. The molecule has 2 aromatic rings. The SMILES string of the molecule is Cc1ccc(Nc2nc(N)nc(N)c2N=O)c(C)c1. The normalized spacial score (nSPS) is 10.2. The van der Waals surface area contributed by atoms with Gasteiger partial charge in [0.25, 0.3) is 0 Å². The van der Waals surface area contributed by atoms with Crippen molar-refractivity contribution in [2.75, 3.05) is 16.8 Å². The van der Waals surface area contributed by atoms with Crippen LogP contribution in [-0.4, -0.2) is 9.97 Å². The maximum atomic E-state index is 10.8. The summed E-state index contributed by atoms with van der Waals surface area (Å²) in [6, 6.07) is 5.83. The van der Waals surface area contributed by atoms with E-state index in [2.05, 4.69) is 20.5 Å². The average molecular weight is 258 g/mol. The van der Waals surface area contributed by atoms with Crippen molar-refractivity contribution in [3.8, 4) is 0 Å². The lowest BCUT2D eigenvalue weighted by molar-refractivity contribution is 1.18. The predicted octanol–water partition coefficient (Wildman–Crippen LogP) is 2.40. The highest BCUT2D eigenvalue weighted by Gasteiger charge is 2.13. The number of hydrogen-bond acceptors (Lipinski definition) is 7. The number of rotatable bonds is 3. The maximum absolute atomic E-state index is 10.8. The van der Waals surface area contributed by atoms with Gasteiger partial charge in [-0.1, -0.05) is 17.7 Å². The summed E-state index contributed by atoms with van der Waals surface area (Å²) in [6.45, 7) is 3.94. The fourth-order valence-electron chi connectivity index (χ4n) is 1.75. The molecule has 0 saturated carbocycles. The molecule has 1 heterocycles. The second-order valence-electron chi connectivity index (χ2n) is 4.20. The van der Waals surface area contributed by atoms with Crippen molar-refractivity contribution in [2.24, 2.45) is 5.18 Å². The molecule has 0 unspecified atom stereocenters. The first-order valence-corrected chi connectivity index (χ1v) is 5.62. The van der Waals surface area contributed by atoms with Crippen LogP contribution in [0.25, 0.3) is 0 Å². The minimum Gasteiger partial charge on any atom is -0.382 e. The Morgan fingerprint density at radius 1 is 1.21 bits per heavy atom. The van der Waals surface area contributed by atoms with Crippen LogP contribution in [0, 0.1) is 18.8 Å². The molecule has 2 rings (SSSR count). The number of nitrogen functional groups attached to an aromatic ring is 2. The van der Waals surface area contributed by atoms with E-state index in [0.29, 0.717) is 0 Å². The Kier molecular flexibility index (Phi) is 3.28. The first kappa shape index (κ1) is 12.7. The van der Waals surface area contributed by atoms with Gasteiger partial charge in [0.05, 0.1) is 0 Å². The molecule has 98 valence electrons. The van der Waals surface area contributed by atoms with Crippen LogP contribution >= 0.6 is 0 Å². The highest BCUT2D eigenvalue weighted by Crippen LogP contribution is 2.32. The van der Waals surface area contributed by atoms with Gasteiger partial charge in [0.15, 0.2) is 17.3 Å². The number of nitrogens with zero attached hydrogens (tertiary/aromatic N) is 3. The van der Waals surface area contributed by atoms with Gasteiger partial charge >= 0.3 is 0 Å². The Labute approximate surface area is 110 Å². The number of nitroso groups, excluding NO2 is 1. The van der Waals surface area contributed by atoms with E-state index in [4.69, 9.17) is 11.5 Å². The van der Waals surface area contributed by atoms with Crippen molar-refractivity contribution >= 4 is 29.0 Å². The molecule has 5 N–H and O–H groups in total. The Morgan fingerprint density at radius 2 is 1.95 bits per heavy atom. The zero-order valence-corrected chi connectivity index (χ0v) is 10.6. The minimum atomic E-state index is -0.0471. The van der Waals surface area contributed by atoms with Crippen LogP contribution < -0.4 is 16.8 Å². The summed E-state index contributed by atoms with van der Waals surface area (Å²) in [5.41, 5.74) is 14.0. The molecule has 0 aliphatic carbocycles. The lowest BCUT2D eigenvalue weighted by Crippen LogP contribution is -2.04. The number of hydrogen-bond donors (Lipinski definition) is 3. The van der Waals surface area contributed by atoms with Gasteiger partial charge < -0.3 is 16.8 Å². The lowest BCUT2D eigenvalue weighted by Gasteiger charge is -2.11. The zero-order valence-electron chi connectivity index (χ0n) is 10.6. The molecule has 0 spiro atoms. The third kappa shape index (κ3) is 2.59. The van der Waals surface area contributed by atoms with Crippen LogP contribution in [0.3, 0.4) is 0 Å². The Bertz CT molecular complexity index is 640. The highest BCUT2D eigenvalue weighted by atomic mass is 16.3. The molecular formula is C12H14N6O. The summed E-state index contributed by atoms with van der Waals surface area (Å²) in [5.74, 6) is 0.138. The topological polar surface area (TPSA) is 119 Å². The maximum Gasteiger partial charge on any atom is 0.224 e. The summed E-state index contributed by atoms with van der Waals surface area (Å²) >= 11 is 0. The third-order valence-corrected chi connectivity index (χ3v) is 2.65. The molecule has 0 saturated heterocycles. The largest absolute Gasteiger partial charge is 0.382 e. The quantitative estimate of drug-likeness (QED) is 0.727. The van der Waals surface area contributed by atoms with Crippen LogP contribution in [0.4, 0.5) is 29.0 Å². The summed E-state index contributed by atoms with van der Waals surface area (Å²) < 4.78 is 0. The van der Waals surface area contributed by atoms with E-state index in [9.17, 15) is 4.91 Å². The summed E-state index contributed by atoms with van der Waals surface area (Å²) in [7, 11) is 0. The summed E-state index contributed by atoms with van der Waals surface area (Å²) in [6.07, 6.45) is 0. The van der Waals surface area contributed by atoms with Gasteiger partial charge in [0.2, 0.25) is 5.95 Å². The van der Waals surface area contributed by atoms with Gasteiger partial charge in [-0.3, -0.25) is 0 Å². The van der Waals surface area contributed by atoms with Crippen LogP contribution in [0.15, 0.2) is 23.4 Å². The molecule has 7 heteroatoms. The van der Waals surface area contributed by atoms with Gasteiger partial charge in [-0.25, -0.2) is 0 Å². The molecule has 0 radical (unpaired) electrons. The standard InChI is InChI=1S/C12H14N6O/c1-6-3-4-8(7(2)5-6)15-11-9(18-19)10(13)16-12(14)17-11/h3-5H,1-2H3,(H5,13,14,15,16,17). The summed E-state index contributed by atoms with van der Waals surface area (Å²) in [5, 5.41) is 5.83. The van der Waals surface area contributed by atoms with E-state index in [0.717, 1.165) is 16.8 Å². The second kappa shape index (κ2) is 4.89. The van der Waals surface area contributed by atoms with E-state index in [-0.39, 0.29) is 23.3 Å². The predicted molar refractivity (Wildman–Crippen MR) is 75.5 cm³/mol. The van der Waals surface area contributed by atoms with Gasteiger partial charge in [0.1, 0.15) is 0 Å². The van der Waals surface area contributed by atoms with Crippen LogP contribution in [0.2, 0.25) is 0 Å². The van der Waals surface area contributed by atoms with Gasteiger partial charge in [-0.05, 0) is 30.7 Å². The highest BCUT2D eigenvalue weighted by molar-refractivity contribution is 5.78. The summed E-state index contributed by atoms with van der Waals surface area (Å²) in [4.78, 5) is 18.4. The van der Waals surface area contributed by atoms with Crippen molar-refractivity contribution in [2.45, 2.75) is 13.8 Å². The number of nitrogens with one attached hydrogen (secondary N) is 1. The molecular weight excluding hydrogens is 244 g/mol.